The molecule has 0 spiro atoms. The third-order valence-electron chi connectivity index (χ3n) is 4.54. The van der Waals surface area contributed by atoms with Gasteiger partial charge in [-0.15, -0.1) is 0 Å². The summed E-state index contributed by atoms with van der Waals surface area (Å²) in [6, 6.07) is 3.58. The van der Waals surface area contributed by atoms with Gasteiger partial charge >= 0.3 is 0 Å². The number of nitrogens with one attached hydrogen (secondary N) is 1. The van der Waals surface area contributed by atoms with Crippen LogP contribution in [0.25, 0.3) is 0 Å². The van der Waals surface area contributed by atoms with Gasteiger partial charge in [-0.2, -0.15) is 5.10 Å². The quantitative estimate of drug-likeness (QED) is 0.932. The van der Waals surface area contributed by atoms with Crippen LogP contribution in [0.5, 0.6) is 0 Å². The van der Waals surface area contributed by atoms with E-state index in [0.29, 0.717) is 17.5 Å². The van der Waals surface area contributed by atoms with Crippen molar-refractivity contribution in [2.24, 2.45) is 7.05 Å². The molecule has 7 heteroatoms. The first kappa shape index (κ1) is 15.7. The molecule has 3 heterocycles. The SMILES string of the molecule is Cc1cc(NC(=O)[C@H](C)N2CCC[C@H](c3ccnn3C)C2)no1. The summed E-state index contributed by atoms with van der Waals surface area (Å²) in [7, 11) is 1.97. The molecule has 0 radical (unpaired) electrons. The number of aromatic nitrogens is 3. The number of carbonyl (C=O) groups excluding carboxylic acids is 1. The Morgan fingerprint density at radius 1 is 1.52 bits per heavy atom. The van der Waals surface area contributed by atoms with E-state index in [1.54, 1.807) is 13.0 Å². The molecule has 1 N–H and O–H groups in total. The minimum atomic E-state index is -0.206. The fraction of sp³-hybridized carbons (Fsp3) is 0.562. The van der Waals surface area contributed by atoms with Crippen LogP contribution >= 0.6 is 0 Å². The number of nitrogens with zero attached hydrogens (tertiary/aromatic N) is 4. The smallest absolute Gasteiger partial charge is 0.242 e. The Morgan fingerprint density at radius 3 is 3.00 bits per heavy atom. The number of carbonyl (C=O) groups is 1. The van der Waals surface area contributed by atoms with Gasteiger partial charge in [-0.25, -0.2) is 0 Å². The van der Waals surface area contributed by atoms with E-state index in [2.05, 4.69) is 26.5 Å². The van der Waals surface area contributed by atoms with Gasteiger partial charge in [0.05, 0.1) is 6.04 Å². The fourth-order valence-corrected chi connectivity index (χ4v) is 3.21. The third-order valence-corrected chi connectivity index (χ3v) is 4.54. The fourth-order valence-electron chi connectivity index (χ4n) is 3.21. The maximum atomic E-state index is 12.4. The molecule has 2 atom stereocenters. The molecule has 0 aliphatic carbocycles. The van der Waals surface area contributed by atoms with Crippen LogP contribution in [0.1, 0.15) is 37.1 Å². The lowest BCUT2D eigenvalue weighted by atomic mass is 9.93. The lowest BCUT2D eigenvalue weighted by Gasteiger charge is -2.36. The van der Waals surface area contributed by atoms with Crippen LogP contribution in [-0.2, 0) is 11.8 Å². The average molecular weight is 317 g/mol. The number of hydrogen-bond acceptors (Lipinski definition) is 5. The van der Waals surface area contributed by atoms with Gasteiger partial charge in [-0.1, -0.05) is 5.16 Å². The first-order valence-corrected chi connectivity index (χ1v) is 8.00. The van der Waals surface area contributed by atoms with Gasteiger partial charge in [0, 0.05) is 37.5 Å². The minimum absolute atomic E-state index is 0.0519. The molecule has 1 amide bonds. The molecule has 2 aromatic rings. The number of hydrogen-bond donors (Lipinski definition) is 1. The van der Waals surface area contributed by atoms with Crippen molar-refractivity contribution in [1.82, 2.24) is 19.8 Å². The van der Waals surface area contributed by atoms with Gasteiger partial charge in [-0.3, -0.25) is 14.4 Å². The summed E-state index contributed by atoms with van der Waals surface area (Å²) in [5.74, 6) is 1.52. The maximum Gasteiger partial charge on any atom is 0.242 e. The Balaban J connectivity index is 1.63. The molecule has 0 unspecified atom stereocenters. The van der Waals surface area contributed by atoms with E-state index in [1.165, 1.54) is 5.69 Å². The highest BCUT2D eigenvalue weighted by molar-refractivity contribution is 5.93. The van der Waals surface area contributed by atoms with E-state index in [4.69, 9.17) is 4.52 Å². The predicted octanol–water partition coefficient (Wildman–Crippen LogP) is 1.92. The average Bonchev–Trinajstić information content (AvgIpc) is 3.15. The van der Waals surface area contributed by atoms with E-state index in [-0.39, 0.29) is 11.9 Å². The predicted molar refractivity (Wildman–Crippen MR) is 86.1 cm³/mol. The van der Waals surface area contributed by atoms with Crippen molar-refractivity contribution in [3.63, 3.8) is 0 Å². The van der Waals surface area contributed by atoms with Crippen LogP contribution in [0.2, 0.25) is 0 Å². The summed E-state index contributed by atoms with van der Waals surface area (Å²) in [6.45, 7) is 5.54. The Bertz CT molecular complexity index is 678. The molecule has 1 saturated heterocycles. The maximum absolute atomic E-state index is 12.4. The molecule has 3 rings (SSSR count). The topological polar surface area (TPSA) is 76.2 Å². The van der Waals surface area contributed by atoms with Crippen molar-refractivity contribution in [1.29, 1.82) is 0 Å². The van der Waals surface area contributed by atoms with E-state index < -0.39 is 0 Å². The Morgan fingerprint density at radius 2 is 2.35 bits per heavy atom. The number of piperidine rings is 1. The Hall–Kier alpha value is -2.15. The summed E-state index contributed by atoms with van der Waals surface area (Å²) in [4.78, 5) is 14.7. The Labute approximate surface area is 135 Å². The van der Waals surface area contributed by atoms with Gasteiger partial charge in [0.25, 0.3) is 0 Å². The highest BCUT2D eigenvalue weighted by Crippen LogP contribution is 2.27. The lowest BCUT2D eigenvalue weighted by Crippen LogP contribution is -2.46. The molecule has 23 heavy (non-hydrogen) atoms. The van der Waals surface area contributed by atoms with E-state index in [9.17, 15) is 4.79 Å². The second-order valence-corrected chi connectivity index (χ2v) is 6.20. The zero-order valence-corrected chi connectivity index (χ0v) is 13.8. The normalized spacial score (nSPS) is 20.4. The van der Waals surface area contributed by atoms with Crippen molar-refractivity contribution < 1.29 is 9.32 Å². The minimum Gasteiger partial charge on any atom is -0.360 e. The molecular formula is C16H23N5O2. The van der Waals surface area contributed by atoms with E-state index in [0.717, 1.165) is 25.9 Å². The molecule has 2 aromatic heterocycles. The number of amides is 1. The largest absolute Gasteiger partial charge is 0.360 e. The lowest BCUT2D eigenvalue weighted by molar-refractivity contribution is -0.121. The first-order valence-electron chi connectivity index (χ1n) is 8.00. The number of rotatable bonds is 4. The summed E-state index contributed by atoms with van der Waals surface area (Å²) >= 11 is 0. The number of likely N-dealkylation sites (tertiary alicyclic amines) is 1. The molecule has 7 nitrogen and oxygen atoms in total. The van der Waals surface area contributed by atoms with Crippen LogP contribution in [0.15, 0.2) is 22.9 Å². The summed E-state index contributed by atoms with van der Waals surface area (Å²) in [5, 5.41) is 10.9. The summed E-state index contributed by atoms with van der Waals surface area (Å²) in [5.41, 5.74) is 1.23. The zero-order chi connectivity index (χ0) is 16.4. The molecule has 0 saturated carbocycles. The zero-order valence-electron chi connectivity index (χ0n) is 13.8. The third kappa shape index (κ3) is 3.44. The van der Waals surface area contributed by atoms with Crippen molar-refractivity contribution in [2.45, 2.75) is 38.6 Å². The second-order valence-electron chi connectivity index (χ2n) is 6.20. The molecule has 1 aliphatic rings. The first-order chi connectivity index (χ1) is 11.0. The summed E-state index contributed by atoms with van der Waals surface area (Å²) < 4.78 is 6.91. The van der Waals surface area contributed by atoms with Gasteiger partial charge in [-0.05, 0) is 39.3 Å². The van der Waals surface area contributed by atoms with Crippen molar-refractivity contribution in [3.8, 4) is 0 Å². The van der Waals surface area contributed by atoms with Crippen molar-refractivity contribution >= 4 is 11.7 Å². The van der Waals surface area contributed by atoms with Gasteiger partial charge in [0.1, 0.15) is 5.76 Å². The molecule has 1 aliphatic heterocycles. The van der Waals surface area contributed by atoms with Gasteiger partial charge < -0.3 is 9.84 Å². The number of anilines is 1. The van der Waals surface area contributed by atoms with Crippen LogP contribution in [0, 0.1) is 6.92 Å². The molecule has 1 fully saturated rings. The van der Waals surface area contributed by atoms with E-state index >= 15 is 0 Å². The second kappa shape index (κ2) is 6.54. The molecule has 124 valence electrons. The van der Waals surface area contributed by atoms with Crippen LogP contribution in [0.3, 0.4) is 0 Å². The monoisotopic (exact) mass is 317 g/mol. The van der Waals surface area contributed by atoms with Crippen molar-refractivity contribution in [3.05, 3.63) is 29.8 Å². The van der Waals surface area contributed by atoms with Crippen LogP contribution in [0.4, 0.5) is 5.82 Å². The molecule has 0 bridgehead atoms. The van der Waals surface area contributed by atoms with Crippen molar-refractivity contribution in [2.75, 3.05) is 18.4 Å². The highest BCUT2D eigenvalue weighted by Gasteiger charge is 2.29. The molecule has 0 aromatic carbocycles. The highest BCUT2D eigenvalue weighted by atomic mass is 16.5. The number of aryl methyl sites for hydroxylation is 2. The van der Waals surface area contributed by atoms with Crippen LogP contribution < -0.4 is 5.32 Å². The Kier molecular flexibility index (Phi) is 4.47. The van der Waals surface area contributed by atoms with Gasteiger partial charge in [0.15, 0.2) is 5.82 Å². The standard InChI is InChI=1S/C16H23N5O2/c1-11-9-15(19-23-11)18-16(22)12(2)21-8-4-5-13(10-21)14-6-7-17-20(14)3/h6-7,9,12-13H,4-5,8,10H2,1-3H3,(H,18,19,22)/t12-,13-/m0/s1. The van der Waals surface area contributed by atoms with Crippen LogP contribution in [-0.4, -0.2) is 44.9 Å². The van der Waals surface area contributed by atoms with E-state index in [1.807, 2.05) is 24.9 Å². The van der Waals surface area contributed by atoms with Gasteiger partial charge in [0.2, 0.25) is 5.91 Å². The summed E-state index contributed by atoms with van der Waals surface area (Å²) in [6.07, 6.45) is 4.04. The molecular weight excluding hydrogens is 294 g/mol.